The number of allylic oxidation sites excluding steroid dienone is 1. The molecule has 0 atom stereocenters. The molecule has 160 valence electrons. The molecule has 0 saturated heterocycles. The van der Waals surface area contributed by atoms with E-state index in [0.29, 0.717) is 10.9 Å². The fourth-order valence-corrected chi connectivity index (χ4v) is 2.73. The summed E-state index contributed by atoms with van der Waals surface area (Å²) in [5.41, 5.74) is 0.541. The van der Waals surface area contributed by atoms with E-state index in [2.05, 4.69) is 0 Å². The SMILES string of the molecule is COc1c(OC(C)=O)c(OC(C)=O)c2oc(=O)ccc2c1C/C=C(\C)COC(C)=O. The lowest BCUT2D eigenvalue weighted by Crippen LogP contribution is -2.11. The number of fused-ring (bicyclic) bond motifs is 1. The van der Waals surface area contributed by atoms with Crippen LogP contribution in [0.15, 0.2) is 33.0 Å². The Balaban J connectivity index is 2.75. The molecule has 0 N–H and O–H groups in total. The molecule has 0 aliphatic carbocycles. The van der Waals surface area contributed by atoms with Gasteiger partial charge >= 0.3 is 23.5 Å². The molecular formula is C21H22O9. The molecule has 2 aromatic rings. The Hall–Kier alpha value is -3.62. The van der Waals surface area contributed by atoms with Gasteiger partial charge in [-0.3, -0.25) is 14.4 Å². The molecule has 0 amide bonds. The minimum atomic E-state index is -0.705. The molecule has 0 spiro atoms. The molecule has 9 nitrogen and oxygen atoms in total. The first-order valence-electron chi connectivity index (χ1n) is 8.96. The average Bonchev–Trinajstić information content (AvgIpc) is 2.66. The summed E-state index contributed by atoms with van der Waals surface area (Å²) < 4.78 is 26.2. The largest absolute Gasteiger partial charge is 0.492 e. The van der Waals surface area contributed by atoms with Gasteiger partial charge in [0.2, 0.25) is 11.5 Å². The van der Waals surface area contributed by atoms with Crippen molar-refractivity contribution in [2.45, 2.75) is 34.1 Å². The van der Waals surface area contributed by atoms with Crippen molar-refractivity contribution >= 4 is 28.9 Å². The van der Waals surface area contributed by atoms with Crippen molar-refractivity contribution in [1.82, 2.24) is 0 Å². The van der Waals surface area contributed by atoms with Gasteiger partial charge in [0.1, 0.15) is 6.61 Å². The lowest BCUT2D eigenvalue weighted by Gasteiger charge is -2.18. The maximum atomic E-state index is 11.8. The lowest BCUT2D eigenvalue weighted by atomic mass is 10.0. The van der Waals surface area contributed by atoms with E-state index in [4.69, 9.17) is 23.4 Å². The summed E-state index contributed by atoms with van der Waals surface area (Å²) in [6.07, 6.45) is 2.05. The Bertz CT molecular complexity index is 1080. The maximum Gasteiger partial charge on any atom is 0.336 e. The third-order valence-electron chi connectivity index (χ3n) is 3.90. The van der Waals surface area contributed by atoms with Gasteiger partial charge in [-0.2, -0.15) is 0 Å². The van der Waals surface area contributed by atoms with Gasteiger partial charge in [-0.15, -0.1) is 0 Å². The lowest BCUT2D eigenvalue weighted by molar-refractivity contribution is -0.140. The van der Waals surface area contributed by atoms with Crippen molar-refractivity contribution in [2.24, 2.45) is 0 Å². The van der Waals surface area contributed by atoms with E-state index >= 15 is 0 Å². The Morgan fingerprint density at radius 3 is 2.13 bits per heavy atom. The predicted octanol–water partition coefficient (Wildman–Crippen LogP) is 2.70. The first kappa shape index (κ1) is 22.7. The number of methoxy groups -OCH3 is 1. The molecule has 1 heterocycles. The number of hydrogen-bond donors (Lipinski definition) is 0. The molecule has 1 aromatic heterocycles. The fraction of sp³-hybridized carbons (Fsp3) is 0.333. The highest BCUT2D eigenvalue weighted by Crippen LogP contribution is 2.47. The molecule has 0 fully saturated rings. The van der Waals surface area contributed by atoms with Crippen molar-refractivity contribution in [3.8, 4) is 17.2 Å². The highest BCUT2D eigenvalue weighted by atomic mass is 16.6. The van der Waals surface area contributed by atoms with Gasteiger partial charge < -0.3 is 23.4 Å². The highest BCUT2D eigenvalue weighted by molar-refractivity contribution is 5.94. The first-order chi connectivity index (χ1) is 14.1. The zero-order chi connectivity index (χ0) is 22.4. The van der Waals surface area contributed by atoms with Crippen LogP contribution in [0.25, 0.3) is 11.0 Å². The predicted molar refractivity (Wildman–Crippen MR) is 106 cm³/mol. The summed E-state index contributed by atoms with van der Waals surface area (Å²) in [7, 11) is 1.36. The van der Waals surface area contributed by atoms with Crippen LogP contribution in [0.1, 0.15) is 33.3 Å². The number of hydrogen-bond acceptors (Lipinski definition) is 9. The van der Waals surface area contributed by atoms with Gasteiger partial charge in [0.15, 0.2) is 11.3 Å². The number of esters is 3. The molecule has 2 rings (SSSR count). The summed E-state index contributed by atoms with van der Waals surface area (Å²) in [4.78, 5) is 46.1. The van der Waals surface area contributed by atoms with Gasteiger partial charge in [-0.1, -0.05) is 6.08 Å². The zero-order valence-corrected chi connectivity index (χ0v) is 17.3. The van der Waals surface area contributed by atoms with Gasteiger partial charge in [0.25, 0.3) is 0 Å². The quantitative estimate of drug-likeness (QED) is 0.289. The van der Waals surface area contributed by atoms with Crippen LogP contribution in [0.2, 0.25) is 0 Å². The molecule has 0 aliphatic heterocycles. The minimum Gasteiger partial charge on any atom is -0.492 e. The molecule has 0 bridgehead atoms. The Kier molecular flexibility index (Phi) is 7.35. The molecular weight excluding hydrogens is 396 g/mol. The van der Waals surface area contributed by atoms with Crippen molar-refractivity contribution < 1.29 is 37.7 Å². The third-order valence-corrected chi connectivity index (χ3v) is 3.90. The van der Waals surface area contributed by atoms with Gasteiger partial charge in [-0.25, -0.2) is 4.79 Å². The zero-order valence-electron chi connectivity index (χ0n) is 17.3. The van der Waals surface area contributed by atoms with Crippen LogP contribution in [0, 0.1) is 0 Å². The molecule has 0 aliphatic rings. The second kappa shape index (κ2) is 9.73. The number of ether oxygens (including phenoxy) is 4. The normalized spacial score (nSPS) is 11.2. The summed E-state index contributed by atoms with van der Waals surface area (Å²) in [5, 5.41) is 0.426. The molecule has 1 aromatic carbocycles. The summed E-state index contributed by atoms with van der Waals surface area (Å²) in [6.45, 7) is 5.52. The second-order valence-corrected chi connectivity index (χ2v) is 6.39. The van der Waals surface area contributed by atoms with Crippen LogP contribution in [-0.2, 0) is 25.5 Å². The molecule has 0 saturated carbocycles. The summed E-state index contributed by atoms with van der Waals surface area (Å²) in [6, 6.07) is 2.71. The number of carbonyl (C=O) groups excluding carboxylic acids is 3. The van der Waals surface area contributed by atoms with E-state index in [1.54, 1.807) is 13.0 Å². The average molecular weight is 418 g/mol. The summed E-state index contributed by atoms with van der Waals surface area (Å²) >= 11 is 0. The smallest absolute Gasteiger partial charge is 0.336 e. The van der Waals surface area contributed by atoms with Crippen LogP contribution in [0.5, 0.6) is 17.2 Å². The molecule has 9 heteroatoms. The van der Waals surface area contributed by atoms with E-state index in [1.165, 1.54) is 33.1 Å². The molecule has 30 heavy (non-hydrogen) atoms. The number of carbonyl (C=O) groups is 3. The minimum absolute atomic E-state index is 0.0595. The van der Waals surface area contributed by atoms with Crippen LogP contribution in [0.4, 0.5) is 0 Å². The van der Waals surface area contributed by atoms with Crippen LogP contribution in [-0.4, -0.2) is 31.6 Å². The Morgan fingerprint density at radius 2 is 1.57 bits per heavy atom. The van der Waals surface area contributed by atoms with E-state index in [9.17, 15) is 19.2 Å². The first-order valence-corrected chi connectivity index (χ1v) is 8.96. The number of benzene rings is 1. The van der Waals surface area contributed by atoms with Crippen molar-refractivity contribution in [3.05, 3.63) is 39.8 Å². The van der Waals surface area contributed by atoms with E-state index in [-0.39, 0.29) is 35.9 Å². The summed E-state index contributed by atoms with van der Waals surface area (Å²) in [5.74, 6) is -2.07. The van der Waals surface area contributed by atoms with E-state index < -0.39 is 23.5 Å². The maximum absolute atomic E-state index is 11.8. The van der Waals surface area contributed by atoms with Crippen LogP contribution in [0.3, 0.4) is 0 Å². The molecule has 0 radical (unpaired) electrons. The topological polar surface area (TPSA) is 118 Å². The highest BCUT2D eigenvalue weighted by Gasteiger charge is 2.26. The van der Waals surface area contributed by atoms with E-state index in [0.717, 1.165) is 12.5 Å². The Morgan fingerprint density at radius 1 is 0.933 bits per heavy atom. The monoisotopic (exact) mass is 418 g/mol. The number of rotatable bonds is 7. The van der Waals surface area contributed by atoms with Gasteiger partial charge in [0.05, 0.1) is 7.11 Å². The fourth-order valence-electron chi connectivity index (χ4n) is 2.73. The third kappa shape index (κ3) is 5.47. The molecule has 0 unspecified atom stereocenters. The standard InChI is InChI=1S/C21H22O9/c1-11(10-27-12(2)22)6-7-15-16-8-9-17(25)30-19(16)21(29-14(4)24)20(18(15)26-5)28-13(3)23/h6,8-9H,7,10H2,1-5H3/b11-6+. The van der Waals surface area contributed by atoms with E-state index in [1.807, 2.05) is 0 Å². The van der Waals surface area contributed by atoms with Crippen LogP contribution < -0.4 is 19.8 Å². The van der Waals surface area contributed by atoms with Crippen molar-refractivity contribution in [2.75, 3.05) is 13.7 Å². The van der Waals surface area contributed by atoms with Crippen LogP contribution >= 0.6 is 0 Å². The van der Waals surface area contributed by atoms with Crippen molar-refractivity contribution in [1.29, 1.82) is 0 Å². The van der Waals surface area contributed by atoms with Gasteiger partial charge in [-0.05, 0) is 25.0 Å². The Labute approximate surface area is 172 Å². The van der Waals surface area contributed by atoms with Crippen molar-refractivity contribution in [3.63, 3.8) is 0 Å². The van der Waals surface area contributed by atoms with Gasteiger partial charge in [0, 0.05) is 37.8 Å². The second-order valence-electron chi connectivity index (χ2n) is 6.39.